The predicted octanol–water partition coefficient (Wildman–Crippen LogP) is 2.59. The largest absolute Gasteiger partial charge is 0.405 e. The van der Waals surface area contributed by atoms with Crippen molar-refractivity contribution < 1.29 is 22.4 Å². The van der Waals surface area contributed by atoms with Crippen molar-refractivity contribution in [3.63, 3.8) is 0 Å². The highest BCUT2D eigenvalue weighted by Crippen LogP contribution is 2.42. The van der Waals surface area contributed by atoms with Gasteiger partial charge in [-0.3, -0.25) is 9.69 Å². The molecule has 1 heterocycles. The lowest BCUT2D eigenvalue weighted by Crippen LogP contribution is -2.58. The van der Waals surface area contributed by atoms with Crippen LogP contribution in [-0.2, 0) is 10.2 Å². The molecule has 1 aromatic carbocycles. The van der Waals surface area contributed by atoms with Gasteiger partial charge in [0.05, 0.1) is 5.41 Å². The molecule has 1 aromatic rings. The third-order valence-corrected chi connectivity index (χ3v) is 5.71. The normalized spacial score (nSPS) is 21.8. The van der Waals surface area contributed by atoms with Gasteiger partial charge in [-0.25, -0.2) is 4.39 Å². The third kappa shape index (κ3) is 4.27. The Hall–Kier alpha value is -1.67. The molecule has 150 valence electrons. The molecule has 8 heteroatoms. The lowest BCUT2D eigenvalue weighted by molar-refractivity contribution is -0.184. The van der Waals surface area contributed by atoms with E-state index in [-0.39, 0.29) is 18.7 Å². The van der Waals surface area contributed by atoms with Gasteiger partial charge in [0.1, 0.15) is 11.9 Å². The molecule has 1 aliphatic heterocycles. The highest BCUT2D eigenvalue weighted by atomic mass is 19.4. The van der Waals surface area contributed by atoms with Gasteiger partial charge >= 0.3 is 6.18 Å². The number of carbonyl (C=O) groups is 1. The van der Waals surface area contributed by atoms with Crippen LogP contribution in [0, 0.1) is 5.82 Å². The smallest absolute Gasteiger partial charge is 0.353 e. The van der Waals surface area contributed by atoms with Gasteiger partial charge < -0.3 is 10.6 Å². The second kappa shape index (κ2) is 8.14. The molecule has 1 unspecified atom stereocenters. The molecule has 1 saturated carbocycles. The number of carbonyl (C=O) groups excluding carboxylic acids is 1. The van der Waals surface area contributed by atoms with Gasteiger partial charge in [0.15, 0.2) is 0 Å². The van der Waals surface area contributed by atoms with E-state index in [4.69, 9.17) is 0 Å². The summed E-state index contributed by atoms with van der Waals surface area (Å²) in [6.07, 6.45) is -2.04. The minimum atomic E-state index is -4.44. The number of nitrogens with zero attached hydrogens (tertiary/aromatic N) is 1. The first-order valence-electron chi connectivity index (χ1n) is 9.39. The number of halogens is 4. The van der Waals surface area contributed by atoms with Gasteiger partial charge in [0.2, 0.25) is 5.91 Å². The molecule has 4 nitrogen and oxygen atoms in total. The highest BCUT2D eigenvalue weighted by Gasteiger charge is 2.47. The summed E-state index contributed by atoms with van der Waals surface area (Å²) in [6.45, 7) is 1.01. The Morgan fingerprint density at radius 2 is 1.81 bits per heavy atom. The van der Waals surface area contributed by atoms with Crippen LogP contribution in [0.4, 0.5) is 17.6 Å². The summed E-state index contributed by atoms with van der Waals surface area (Å²) in [5.74, 6) is -0.987. The maximum absolute atomic E-state index is 14.4. The second-order valence-electron chi connectivity index (χ2n) is 7.32. The van der Waals surface area contributed by atoms with Crippen LogP contribution in [-0.4, -0.2) is 55.7 Å². The molecule has 2 fully saturated rings. The van der Waals surface area contributed by atoms with Crippen molar-refractivity contribution >= 4 is 5.91 Å². The highest BCUT2D eigenvalue weighted by molar-refractivity contribution is 5.88. The Bertz CT molecular complexity index is 653. The van der Waals surface area contributed by atoms with Crippen molar-refractivity contribution in [2.24, 2.45) is 0 Å². The lowest BCUT2D eigenvalue weighted by Gasteiger charge is -2.37. The first kappa shape index (κ1) is 20.1. The molecule has 1 aliphatic carbocycles. The zero-order valence-corrected chi connectivity index (χ0v) is 15.1. The molecular formula is C19H25F4N3O. The van der Waals surface area contributed by atoms with Gasteiger partial charge in [0, 0.05) is 38.3 Å². The van der Waals surface area contributed by atoms with Crippen molar-refractivity contribution in [2.75, 3.05) is 32.7 Å². The standard InChI is InChI=1S/C19H25F4N3O/c20-15-6-2-1-5-14(15)18(7-3-4-8-18)17(27)25-13-16(19(21,22)23)26-11-9-24-10-12-26/h1-2,5-6,16,24H,3-4,7-13H2,(H,25,27). The molecule has 1 atom stereocenters. The van der Waals surface area contributed by atoms with Crippen LogP contribution in [0.25, 0.3) is 0 Å². The zero-order valence-electron chi connectivity index (χ0n) is 15.1. The van der Waals surface area contributed by atoms with Gasteiger partial charge in [0.25, 0.3) is 0 Å². The van der Waals surface area contributed by atoms with Crippen LogP contribution in [0.15, 0.2) is 24.3 Å². The summed E-state index contributed by atoms with van der Waals surface area (Å²) in [5, 5.41) is 5.53. The first-order chi connectivity index (χ1) is 12.8. The summed E-state index contributed by atoms with van der Waals surface area (Å²) in [5.41, 5.74) is -0.795. The minimum Gasteiger partial charge on any atom is -0.353 e. The average Bonchev–Trinajstić information content (AvgIpc) is 3.13. The van der Waals surface area contributed by atoms with Crippen LogP contribution in [0.5, 0.6) is 0 Å². The van der Waals surface area contributed by atoms with E-state index in [9.17, 15) is 22.4 Å². The number of amides is 1. The molecule has 2 aliphatic rings. The Kier molecular flexibility index (Phi) is 6.05. The van der Waals surface area contributed by atoms with Crippen molar-refractivity contribution in [3.8, 4) is 0 Å². The Balaban J connectivity index is 1.76. The molecular weight excluding hydrogens is 362 g/mol. The van der Waals surface area contributed by atoms with Crippen LogP contribution in [0.1, 0.15) is 31.2 Å². The molecule has 1 amide bonds. The maximum atomic E-state index is 14.4. The number of alkyl halides is 3. The van der Waals surface area contributed by atoms with Crippen LogP contribution in [0.2, 0.25) is 0 Å². The molecule has 3 rings (SSSR count). The van der Waals surface area contributed by atoms with Gasteiger partial charge in [-0.1, -0.05) is 31.0 Å². The molecule has 0 bridgehead atoms. The molecule has 0 radical (unpaired) electrons. The maximum Gasteiger partial charge on any atom is 0.405 e. The first-order valence-corrected chi connectivity index (χ1v) is 9.39. The summed E-state index contributed by atoms with van der Waals surface area (Å²) in [4.78, 5) is 14.3. The number of piperazine rings is 1. The fourth-order valence-corrected chi connectivity index (χ4v) is 4.25. The van der Waals surface area contributed by atoms with Crippen molar-refractivity contribution in [1.29, 1.82) is 0 Å². The van der Waals surface area contributed by atoms with Gasteiger partial charge in [-0.05, 0) is 18.9 Å². The van der Waals surface area contributed by atoms with E-state index in [0.29, 0.717) is 25.9 Å². The van der Waals surface area contributed by atoms with Gasteiger partial charge in [-0.15, -0.1) is 0 Å². The second-order valence-corrected chi connectivity index (χ2v) is 7.32. The SMILES string of the molecule is O=C(NCC(N1CCNCC1)C(F)(F)F)C1(c2ccccc2F)CCCC1. The number of rotatable bonds is 5. The summed E-state index contributed by atoms with van der Waals surface area (Å²) in [7, 11) is 0. The van der Waals surface area contributed by atoms with E-state index in [1.165, 1.54) is 11.0 Å². The monoisotopic (exact) mass is 387 g/mol. The number of nitrogens with one attached hydrogen (secondary N) is 2. The summed E-state index contributed by atoms with van der Waals surface area (Å²) >= 11 is 0. The number of hydrogen-bond acceptors (Lipinski definition) is 3. The quantitative estimate of drug-likeness (QED) is 0.764. The summed E-state index contributed by atoms with van der Waals surface area (Å²) in [6, 6.07) is 4.33. The molecule has 0 aromatic heterocycles. The fourth-order valence-electron chi connectivity index (χ4n) is 4.25. The van der Waals surface area contributed by atoms with Crippen LogP contribution >= 0.6 is 0 Å². The van der Waals surface area contributed by atoms with Crippen LogP contribution < -0.4 is 10.6 Å². The number of benzene rings is 1. The number of hydrogen-bond donors (Lipinski definition) is 2. The van der Waals surface area contributed by atoms with E-state index in [1.54, 1.807) is 18.2 Å². The Morgan fingerprint density at radius 3 is 2.41 bits per heavy atom. The minimum absolute atomic E-state index is 0.276. The lowest BCUT2D eigenvalue weighted by atomic mass is 9.77. The Labute approximate surface area is 156 Å². The third-order valence-electron chi connectivity index (χ3n) is 5.71. The van der Waals surface area contributed by atoms with E-state index >= 15 is 0 Å². The van der Waals surface area contributed by atoms with Crippen molar-refractivity contribution in [2.45, 2.75) is 43.3 Å². The van der Waals surface area contributed by atoms with E-state index in [0.717, 1.165) is 12.8 Å². The zero-order chi connectivity index (χ0) is 19.5. The van der Waals surface area contributed by atoms with E-state index in [2.05, 4.69) is 10.6 Å². The van der Waals surface area contributed by atoms with E-state index in [1.807, 2.05) is 0 Å². The van der Waals surface area contributed by atoms with Crippen LogP contribution in [0.3, 0.4) is 0 Å². The molecule has 2 N–H and O–H groups in total. The molecule has 1 saturated heterocycles. The van der Waals surface area contributed by atoms with Crippen molar-refractivity contribution in [3.05, 3.63) is 35.6 Å². The average molecular weight is 387 g/mol. The molecule has 0 spiro atoms. The van der Waals surface area contributed by atoms with Crippen molar-refractivity contribution in [1.82, 2.24) is 15.5 Å². The topological polar surface area (TPSA) is 44.4 Å². The summed E-state index contributed by atoms with van der Waals surface area (Å²) < 4.78 is 55.0. The van der Waals surface area contributed by atoms with Gasteiger partial charge in [-0.2, -0.15) is 13.2 Å². The fraction of sp³-hybridized carbons (Fsp3) is 0.632. The van der Waals surface area contributed by atoms with E-state index < -0.39 is 35.9 Å². The Morgan fingerprint density at radius 1 is 1.19 bits per heavy atom. The molecule has 27 heavy (non-hydrogen) atoms. The predicted molar refractivity (Wildman–Crippen MR) is 93.8 cm³/mol.